The largest absolute Gasteiger partial charge is 2.00 e. The van der Waals surface area contributed by atoms with Gasteiger partial charge in [0, 0.05) is 28.4 Å². The minimum Gasteiger partial charge on any atom is -0.663 e. The molecule has 0 N–H and O–H groups in total. The number of hydrogen-bond donors (Lipinski definition) is 0. The van der Waals surface area contributed by atoms with E-state index in [4.69, 9.17) is 19.9 Å². The maximum atomic E-state index is 5.58. The molecule has 0 aliphatic carbocycles. The van der Waals surface area contributed by atoms with Gasteiger partial charge in [-0.15, -0.1) is 11.4 Å². The van der Waals surface area contributed by atoms with Crippen molar-refractivity contribution in [3.8, 4) is 0 Å². The molecule has 312 valence electrons. The molecule has 0 spiro atoms. The van der Waals surface area contributed by atoms with Crippen LogP contribution >= 0.6 is 0 Å². The molecule has 4 aromatic heterocycles. The maximum Gasteiger partial charge on any atom is 2.00 e. The zero-order valence-electron chi connectivity index (χ0n) is 38.7. The Morgan fingerprint density at radius 1 is 0.386 bits per heavy atom. The van der Waals surface area contributed by atoms with Crippen LogP contribution in [0.2, 0.25) is 0 Å². The van der Waals surface area contributed by atoms with Gasteiger partial charge in [0.2, 0.25) is 0 Å². The zero-order chi connectivity index (χ0) is 40.2. The molecule has 57 heavy (non-hydrogen) atoms. The van der Waals surface area contributed by atoms with Gasteiger partial charge in [0.1, 0.15) is 0 Å². The van der Waals surface area contributed by atoms with Crippen LogP contribution in [0.1, 0.15) is 163 Å². The van der Waals surface area contributed by atoms with Crippen LogP contribution in [0.4, 0.5) is 0 Å². The second kappa shape index (κ2) is 25.4. The van der Waals surface area contributed by atoms with Crippen LogP contribution in [-0.2, 0) is 57.1 Å². The third-order valence-corrected chi connectivity index (χ3v) is 12.9. The molecule has 0 radical (unpaired) electrons. The van der Waals surface area contributed by atoms with E-state index in [2.05, 4.69) is 125 Å². The van der Waals surface area contributed by atoms with Crippen LogP contribution in [0.15, 0.2) is 36.4 Å². The third-order valence-electron chi connectivity index (χ3n) is 12.9. The van der Waals surface area contributed by atoms with Gasteiger partial charge in [-0.05, 0) is 86.9 Å². The Kier molecular flexibility index (Phi) is 24.8. The maximum absolute atomic E-state index is 5.58. The Morgan fingerprint density at radius 3 is 0.825 bits per heavy atom. The van der Waals surface area contributed by atoms with Crippen molar-refractivity contribution in [2.24, 2.45) is 0 Å². The molecule has 5 heterocycles. The molecule has 8 nitrogen and oxygen atoms in total. The first-order valence-corrected chi connectivity index (χ1v) is 20.5. The standard InChI is InChI=1S/C38H52N4.2C4H10O2.2Li.Ni/c1-11-35(12-2)27-19-21-29(39-27)37(15-5,16-6)34-26(10)24-32(42-34)36(13-3,14-4)28-20-22-30(40-28)38(17-7,18-8)33-25(9)23-31(35)41-33;2*1-5-3-4-6-2;;;/h19-24H,11-18H2,1-10H3;2*3-4H2,1-2H3;;;/q-4;;;2*+1;+2. The summed E-state index contributed by atoms with van der Waals surface area (Å²) in [6.45, 7) is 25.7. The minimum absolute atomic E-state index is 0. The predicted octanol–water partition coefficient (Wildman–Crippen LogP) is 3.43. The summed E-state index contributed by atoms with van der Waals surface area (Å²) in [7, 11) is 6.61. The fourth-order valence-electron chi connectivity index (χ4n) is 8.96. The first-order valence-electron chi connectivity index (χ1n) is 20.5. The van der Waals surface area contributed by atoms with Gasteiger partial charge in [-0.3, -0.25) is 0 Å². The van der Waals surface area contributed by atoms with Crippen molar-refractivity contribution in [2.75, 3.05) is 54.9 Å². The summed E-state index contributed by atoms with van der Waals surface area (Å²) in [6, 6.07) is 13.9. The molecule has 4 aromatic rings. The van der Waals surface area contributed by atoms with Crippen molar-refractivity contribution in [1.82, 2.24) is 19.9 Å². The smallest absolute Gasteiger partial charge is 0.663 e. The van der Waals surface area contributed by atoms with Crippen molar-refractivity contribution >= 4 is 0 Å². The number of hydrogen-bond acceptors (Lipinski definition) is 4. The second-order valence-corrected chi connectivity index (χ2v) is 14.9. The average Bonchev–Trinajstić information content (AvgIpc) is 4.03. The van der Waals surface area contributed by atoms with Gasteiger partial charge in [-0.2, -0.15) is 34.2 Å². The first kappa shape index (κ1) is 55.6. The summed E-state index contributed by atoms with van der Waals surface area (Å²) in [5.74, 6) is 0. The van der Waals surface area contributed by atoms with Crippen molar-refractivity contribution < 1.29 is 73.2 Å². The summed E-state index contributed by atoms with van der Waals surface area (Å²) in [6.07, 6.45) is 7.66. The van der Waals surface area contributed by atoms with Gasteiger partial charge in [0.15, 0.2) is 0 Å². The van der Waals surface area contributed by atoms with Crippen molar-refractivity contribution in [3.05, 3.63) is 93.1 Å². The van der Waals surface area contributed by atoms with E-state index in [1.165, 1.54) is 22.5 Å². The number of nitrogens with zero attached hydrogens (tertiary/aromatic N) is 4. The summed E-state index contributed by atoms with van der Waals surface area (Å²) in [5, 5.41) is 0. The number of methoxy groups -OCH3 is 4. The van der Waals surface area contributed by atoms with Crippen LogP contribution < -0.4 is 57.7 Å². The Morgan fingerprint density at radius 2 is 0.614 bits per heavy atom. The molecule has 0 saturated heterocycles. The first-order chi connectivity index (χ1) is 26.0. The van der Waals surface area contributed by atoms with E-state index in [0.29, 0.717) is 26.4 Å². The number of rotatable bonds is 14. The van der Waals surface area contributed by atoms with Gasteiger partial charge < -0.3 is 38.9 Å². The van der Waals surface area contributed by atoms with E-state index in [-0.39, 0.29) is 75.9 Å². The summed E-state index contributed by atoms with van der Waals surface area (Å²) < 4.78 is 18.6. The molecular weight excluding hydrogens is 745 g/mol. The number of ether oxygens (including phenoxy) is 4. The second-order valence-electron chi connectivity index (χ2n) is 14.9. The summed E-state index contributed by atoms with van der Waals surface area (Å²) in [5.41, 5.74) is 10.9. The summed E-state index contributed by atoms with van der Waals surface area (Å²) in [4.78, 5) is 22.2. The van der Waals surface area contributed by atoms with Crippen LogP contribution in [0, 0.1) is 13.8 Å². The normalized spacial score (nSPS) is 15.4. The molecule has 11 heteroatoms. The fraction of sp³-hybridized carbons (Fsp3) is 0.652. The summed E-state index contributed by atoms with van der Waals surface area (Å²) >= 11 is 0. The molecule has 0 unspecified atom stereocenters. The molecule has 0 aromatic carbocycles. The quantitative estimate of drug-likeness (QED) is 0.141. The SMILES string of the molecule is CCC1(CC)c2ccc([n-]2)C(CC)(CC)c2[n-]c(cc2C)C(CC)(CC)c2ccc([n-]2)C(CC)(CC)c2[n-]c1cc2C.COCCOC.COCCOC.[Li+].[Li+].[Ni+2]. The van der Waals surface area contributed by atoms with Gasteiger partial charge in [-0.25, -0.2) is 0 Å². The molecule has 0 saturated carbocycles. The van der Waals surface area contributed by atoms with E-state index in [1.54, 1.807) is 28.4 Å². The number of aromatic nitrogens is 4. The fourth-order valence-corrected chi connectivity index (χ4v) is 8.96. The van der Waals surface area contributed by atoms with E-state index in [1.807, 2.05) is 0 Å². The van der Waals surface area contributed by atoms with Crippen LogP contribution in [0.3, 0.4) is 0 Å². The molecular formula is C46H72Li2N4NiO4. The molecule has 5 rings (SSSR count). The minimum atomic E-state index is -0.234. The van der Waals surface area contributed by atoms with E-state index >= 15 is 0 Å². The Balaban J connectivity index is 0.00000183. The molecule has 1 aliphatic heterocycles. The predicted molar refractivity (Wildman–Crippen MR) is 221 cm³/mol. The van der Waals surface area contributed by atoms with Crippen LogP contribution in [0.5, 0.6) is 0 Å². The molecule has 0 fully saturated rings. The van der Waals surface area contributed by atoms with Gasteiger partial charge >= 0.3 is 54.2 Å². The van der Waals surface area contributed by atoms with Crippen molar-refractivity contribution in [3.63, 3.8) is 0 Å². The topological polar surface area (TPSA) is 93.3 Å². The molecule has 8 bridgehead atoms. The van der Waals surface area contributed by atoms with Crippen molar-refractivity contribution in [1.29, 1.82) is 0 Å². The van der Waals surface area contributed by atoms with Gasteiger partial charge in [-0.1, -0.05) is 103 Å². The van der Waals surface area contributed by atoms with Gasteiger partial charge in [0.25, 0.3) is 0 Å². The van der Waals surface area contributed by atoms with Crippen molar-refractivity contribution in [2.45, 2.75) is 142 Å². The number of fused-ring (bicyclic) bond motifs is 8. The zero-order valence-corrected chi connectivity index (χ0v) is 39.7. The van der Waals surface area contributed by atoms with Crippen LogP contribution in [-0.4, -0.2) is 54.9 Å². The molecule has 0 atom stereocenters. The Labute approximate surface area is 380 Å². The monoisotopic (exact) mass is 817 g/mol. The van der Waals surface area contributed by atoms with E-state index in [9.17, 15) is 0 Å². The average molecular weight is 818 g/mol. The van der Waals surface area contributed by atoms with Crippen LogP contribution in [0.25, 0.3) is 0 Å². The molecule has 0 amide bonds. The van der Waals surface area contributed by atoms with E-state index < -0.39 is 0 Å². The Bertz CT molecular complexity index is 1550. The van der Waals surface area contributed by atoms with E-state index in [0.717, 1.165) is 85.5 Å². The number of aryl methyl sites for hydroxylation is 2. The van der Waals surface area contributed by atoms with Gasteiger partial charge in [0.05, 0.1) is 26.4 Å². The Hall–Kier alpha value is -1.35. The third kappa shape index (κ3) is 10.8. The molecule has 1 aliphatic rings.